The molecule has 6 heteroatoms. The van der Waals surface area contributed by atoms with Crippen LogP contribution in [-0.2, 0) is 4.79 Å². The molecular formula is C17H14BrClN2O2. The fourth-order valence-corrected chi connectivity index (χ4v) is 3.12. The monoisotopic (exact) mass is 392 g/mol. The van der Waals surface area contributed by atoms with Crippen LogP contribution in [0.1, 0.15) is 23.6 Å². The van der Waals surface area contributed by atoms with Gasteiger partial charge in [0.25, 0.3) is 0 Å². The molecule has 1 atom stereocenters. The van der Waals surface area contributed by atoms with E-state index in [1.807, 2.05) is 42.5 Å². The Kier molecular flexibility index (Phi) is 4.68. The minimum atomic E-state index is -0.905. The van der Waals surface area contributed by atoms with E-state index < -0.39 is 5.97 Å². The Morgan fingerprint density at radius 1 is 1.30 bits per heavy atom. The van der Waals surface area contributed by atoms with E-state index in [1.54, 1.807) is 11.1 Å². The van der Waals surface area contributed by atoms with Gasteiger partial charge in [-0.25, -0.2) is 0 Å². The van der Waals surface area contributed by atoms with E-state index in [4.69, 9.17) is 16.7 Å². The third-order valence-electron chi connectivity index (χ3n) is 3.70. The van der Waals surface area contributed by atoms with Crippen LogP contribution >= 0.6 is 27.5 Å². The molecule has 1 unspecified atom stereocenters. The molecular weight excluding hydrogens is 380 g/mol. The first-order valence-corrected chi connectivity index (χ1v) is 8.27. The molecule has 0 bridgehead atoms. The second-order valence-electron chi connectivity index (χ2n) is 5.32. The summed E-state index contributed by atoms with van der Waals surface area (Å²) in [5.41, 5.74) is 2.84. The van der Waals surface area contributed by atoms with Gasteiger partial charge in [-0.1, -0.05) is 51.8 Å². The van der Waals surface area contributed by atoms with Crippen molar-refractivity contribution in [2.45, 2.75) is 12.5 Å². The number of hydrogen-bond acceptors (Lipinski definition) is 3. The molecule has 0 fully saturated rings. The smallest absolute Gasteiger partial charge is 0.324 e. The summed E-state index contributed by atoms with van der Waals surface area (Å²) in [4.78, 5) is 11.1. The zero-order chi connectivity index (χ0) is 16.4. The Balaban J connectivity index is 1.92. The first kappa shape index (κ1) is 16.0. The van der Waals surface area contributed by atoms with Crippen molar-refractivity contribution < 1.29 is 9.90 Å². The summed E-state index contributed by atoms with van der Waals surface area (Å²) in [6, 6.07) is 15.2. The van der Waals surface area contributed by atoms with Crippen LogP contribution in [0.15, 0.2) is 58.1 Å². The maximum atomic E-state index is 11.1. The van der Waals surface area contributed by atoms with Crippen molar-refractivity contribution in [3.63, 3.8) is 0 Å². The first-order chi connectivity index (χ1) is 11.0. The van der Waals surface area contributed by atoms with Gasteiger partial charge in [0, 0.05) is 15.9 Å². The molecule has 0 saturated heterocycles. The lowest BCUT2D eigenvalue weighted by Gasteiger charge is -2.22. The van der Waals surface area contributed by atoms with E-state index in [0.29, 0.717) is 11.4 Å². The molecule has 1 heterocycles. The highest BCUT2D eigenvalue weighted by Crippen LogP contribution is 2.33. The average Bonchev–Trinajstić information content (AvgIpc) is 2.91. The normalized spacial score (nSPS) is 17.2. The summed E-state index contributed by atoms with van der Waals surface area (Å²) in [5.74, 6) is -0.905. The van der Waals surface area contributed by atoms with Gasteiger partial charge in [-0.05, 0) is 35.4 Å². The minimum absolute atomic E-state index is 0.122. The molecule has 4 nitrogen and oxygen atoms in total. The fourth-order valence-electron chi connectivity index (χ4n) is 2.66. The van der Waals surface area contributed by atoms with Crippen molar-refractivity contribution in [3.05, 3.63) is 69.2 Å². The summed E-state index contributed by atoms with van der Waals surface area (Å²) >= 11 is 9.48. The molecule has 0 aromatic heterocycles. The zero-order valence-electron chi connectivity index (χ0n) is 12.1. The Labute approximate surface area is 147 Å². The van der Waals surface area contributed by atoms with E-state index in [0.717, 1.165) is 21.3 Å². The summed E-state index contributed by atoms with van der Waals surface area (Å²) in [5, 5.41) is 15.9. The third-order valence-corrected chi connectivity index (χ3v) is 4.47. The Morgan fingerprint density at radius 2 is 2.04 bits per heavy atom. The number of carboxylic acid groups (broad SMARTS) is 1. The zero-order valence-corrected chi connectivity index (χ0v) is 14.5. The van der Waals surface area contributed by atoms with Crippen molar-refractivity contribution in [1.29, 1.82) is 0 Å². The van der Waals surface area contributed by atoms with Crippen LogP contribution < -0.4 is 0 Å². The lowest BCUT2D eigenvalue weighted by molar-refractivity contribution is -0.138. The highest BCUT2D eigenvalue weighted by atomic mass is 79.9. The predicted octanol–water partition coefficient (Wildman–Crippen LogP) is 4.34. The van der Waals surface area contributed by atoms with Gasteiger partial charge < -0.3 is 5.11 Å². The molecule has 0 spiro atoms. The molecule has 2 aromatic rings. The number of aliphatic carboxylic acids is 1. The number of benzene rings is 2. The minimum Gasteiger partial charge on any atom is -0.480 e. The highest BCUT2D eigenvalue weighted by Gasteiger charge is 2.30. The Bertz CT molecular complexity index is 761. The number of rotatable bonds is 4. The largest absolute Gasteiger partial charge is 0.480 e. The average molecular weight is 394 g/mol. The van der Waals surface area contributed by atoms with Crippen LogP contribution in [0.4, 0.5) is 0 Å². The maximum Gasteiger partial charge on any atom is 0.324 e. The predicted molar refractivity (Wildman–Crippen MR) is 93.8 cm³/mol. The number of hydrazone groups is 1. The molecule has 0 aliphatic carbocycles. The lowest BCUT2D eigenvalue weighted by atomic mass is 9.98. The molecule has 1 aliphatic heterocycles. The summed E-state index contributed by atoms with van der Waals surface area (Å²) in [6.07, 6.45) is 0.648. The second kappa shape index (κ2) is 6.72. The molecule has 2 aromatic carbocycles. The number of carboxylic acids is 1. The highest BCUT2D eigenvalue weighted by molar-refractivity contribution is 9.10. The molecule has 1 N–H and O–H groups in total. The fraction of sp³-hybridized carbons (Fsp3) is 0.176. The standard InChI is InChI=1S/C17H14BrClN2O2/c18-13-6-4-11(5-7-13)15-9-16(21(20-15)10-17(22)23)12-2-1-3-14(19)8-12/h1-8,16H,9-10H2,(H,22,23). The van der Waals surface area contributed by atoms with Crippen LogP contribution in [0.5, 0.6) is 0 Å². The van der Waals surface area contributed by atoms with Gasteiger partial charge in [-0.3, -0.25) is 9.80 Å². The summed E-state index contributed by atoms with van der Waals surface area (Å²) in [7, 11) is 0. The van der Waals surface area contributed by atoms with Crippen molar-refractivity contribution in [2.75, 3.05) is 6.54 Å². The van der Waals surface area contributed by atoms with Gasteiger partial charge >= 0.3 is 5.97 Å². The van der Waals surface area contributed by atoms with E-state index >= 15 is 0 Å². The SMILES string of the molecule is O=C(O)CN1N=C(c2ccc(Br)cc2)CC1c1cccc(Cl)c1. The van der Waals surface area contributed by atoms with E-state index in [2.05, 4.69) is 21.0 Å². The number of halogens is 2. The second-order valence-corrected chi connectivity index (χ2v) is 6.67. The van der Waals surface area contributed by atoms with Gasteiger partial charge in [0.1, 0.15) is 6.54 Å². The van der Waals surface area contributed by atoms with Crippen LogP contribution in [0.3, 0.4) is 0 Å². The molecule has 1 aliphatic rings. The molecule has 118 valence electrons. The topological polar surface area (TPSA) is 52.9 Å². The third kappa shape index (κ3) is 3.74. The Hall–Kier alpha value is -1.85. The lowest BCUT2D eigenvalue weighted by Crippen LogP contribution is -2.26. The molecule has 0 radical (unpaired) electrons. The quantitative estimate of drug-likeness (QED) is 0.841. The van der Waals surface area contributed by atoms with Crippen molar-refractivity contribution in [1.82, 2.24) is 5.01 Å². The van der Waals surface area contributed by atoms with Crippen molar-refractivity contribution in [2.24, 2.45) is 5.10 Å². The summed E-state index contributed by atoms with van der Waals surface area (Å²) in [6.45, 7) is -0.142. The molecule has 23 heavy (non-hydrogen) atoms. The van der Waals surface area contributed by atoms with Crippen molar-refractivity contribution >= 4 is 39.2 Å². The Morgan fingerprint density at radius 3 is 2.70 bits per heavy atom. The number of carbonyl (C=O) groups is 1. The molecule has 0 saturated carbocycles. The molecule has 3 rings (SSSR count). The number of hydrogen-bond donors (Lipinski definition) is 1. The van der Waals surface area contributed by atoms with Crippen LogP contribution in [0.2, 0.25) is 5.02 Å². The molecule has 0 amide bonds. The van der Waals surface area contributed by atoms with Gasteiger partial charge in [-0.2, -0.15) is 5.10 Å². The van der Waals surface area contributed by atoms with Crippen molar-refractivity contribution in [3.8, 4) is 0 Å². The van der Waals surface area contributed by atoms with Gasteiger partial charge in [0.05, 0.1) is 11.8 Å². The van der Waals surface area contributed by atoms with E-state index in [-0.39, 0.29) is 12.6 Å². The van der Waals surface area contributed by atoms with Gasteiger partial charge in [0.15, 0.2) is 0 Å². The summed E-state index contributed by atoms with van der Waals surface area (Å²) < 4.78 is 0.994. The number of nitrogens with zero attached hydrogens (tertiary/aromatic N) is 2. The van der Waals surface area contributed by atoms with Crippen LogP contribution in [-0.4, -0.2) is 28.3 Å². The van der Waals surface area contributed by atoms with E-state index in [1.165, 1.54) is 0 Å². The van der Waals surface area contributed by atoms with Crippen LogP contribution in [0.25, 0.3) is 0 Å². The maximum absolute atomic E-state index is 11.1. The van der Waals surface area contributed by atoms with E-state index in [9.17, 15) is 4.79 Å². The first-order valence-electron chi connectivity index (χ1n) is 7.10. The van der Waals surface area contributed by atoms with Gasteiger partial charge in [0.2, 0.25) is 0 Å². The van der Waals surface area contributed by atoms with Crippen LogP contribution in [0, 0.1) is 0 Å². The van der Waals surface area contributed by atoms with Gasteiger partial charge in [-0.15, -0.1) is 0 Å².